The number of benzene rings is 2. The number of hydroxylamine groups is 1. The first-order chi connectivity index (χ1) is 9.65. The van der Waals surface area contributed by atoms with E-state index in [1.807, 2.05) is 73.6 Å². The van der Waals surface area contributed by atoms with Crippen LogP contribution in [-0.4, -0.2) is 31.6 Å². The van der Waals surface area contributed by atoms with Crippen molar-refractivity contribution < 1.29 is 4.74 Å². The molecule has 0 aliphatic carbocycles. The van der Waals surface area contributed by atoms with E-state index in [9.17, 15) is 5.21 Å². The topological polar surface area (TPSA) is 29.3 Å². The van der Waals surface area contributed by atoms with Crippen molar-refractivity contribution in [2.75, 3.05) is 25.5 Å². The van der Waals surface area contributed by atoms with Crippen molar-refractivity contribution in [3.63, 3.8) is 0 Å². The Morgan fingerprint density at radius 1 is 1.00 bits per heavy atom. The molecule has 0 aliphatic rings. The second kappa shape index (κ2) is 6.75. The van der Waals surface area contributed by atoms with Crippen molar-refractivity contribution in [3.05, 3.63) is 70.9 Å². The molecule has 0 N–H and O–H groups in total. The molecule has 2 rings (SSSR count). The van der Waals surface area contributed by atoms with Gasteiger partial charge in [0, 0.05) is 31.8 Å². The first-order valence-electron chi connectivity index (χ1n) is 6.75. The Labute approximate surface area is 120 Å². The molecule has 3 nitrogen and oxygen atoms in total. The highest BCUT2D eigenvalue weighted by Crippen LogP contribution is 2.10. The number of nitrogens with zero attached hydrogens (tertiary/aromatic N) is 2. The first-order valence-corrected chi connectivity index (χ1v) is 6.75. The van der Waals surface area contributed by atoms with Crippen molar-refractivity contribution in [2.24, 2.45) is 0 Å². The fraction of sp³-hybridized carbons (Fsp3) is 0.235. The van der Waals surface area contributed by atoms with Gasteiger partial charge in [0.15, 0.2) is 12.8 Å². The third-order valence-electron chi connectivity index (χ3n) is 3.17. The molecule has 2 aromatic carbocycles. The molecule has 0 radical (unpaired) electrons. The van der Waals surface area contributed by atoms with Crippen LogP contribution in [0.4, 0.5) is 5.69 Å². The summed E-state index contributed by atoms with van der Waals surface area (Å²) in [6, 6.07) is 18.0. The molecule has 20 heavy (non-hydrogen) atoms. The van der Waals surface area contributed by atoms with E-state index < -0.39 is 0 Å². The highest BCUT2D eigenvalue weighted by molar-refractivity contribution is 5.76. The molecular weight excluding hydrogens is 248 g/mol. The second-order valence-corrected chi connectivity index (χ2v) is 4.99. The molecule has 2 aromatic rings. The summed E-state index contributed by atoms with van der Waals surface area (Å²) < 4.78 is 0.998. The molecule has 0 saturated carbocycles. The van der Waals surface area contributed by atoms with Crippen molar-refractivity contribution in [3.8, 4) is 0 Å². The maximum absolute atomic E-state index is 11.9. The standard InChI is InChI=1S/C17H20N2O/c1-18(2)17-10-8-16(9-11-17)14-19(20)13-12-15-6-4-3-5-7-15/h3-11,14H,12-13H2,1-2H3. The molecule has 0 unspecified atom stereocenters. The second-order valence-electron chi connectivity index (χ2n) is 4.99. The van der Waals surface area contributed by atoms with E-state index in [1.54, 1.807) is 6.21 Å². The van der Waals surface area contributed by atoms with Crippen LogP contribution in [0.15, 0.2) is 54.6 Å². The van der Waals surface area contributed by atoms with Crippen LogP contribution in [0.2, 0.25) is 0 Å². The van der Waals surface area contributed by atoms with E-state index in [2.05, 4.69) is 0 Å². The van der Waals surface area contributed by atoms with E-state index in [0.29, 0.717) is 6.54 Å². The van der Waals surface area contributed by atoms with Gasteiger partial charge in [-0.3, -0.25) is 0 Å². The van der Waals surface area contributed by atoms with Crippen molar-refractivity contribution in [1.29, 1.82) is 0 Å². The minimum absolute atomic E-state index is 0.472. The van der Waals surface area contributed by atoms with Gasteiger partial charge in [0.05, 0.1) is 0 Å². The molecule has 0 bridgehead atoms. The lowest BCUT2D eigenvalue weighted by Gasteiger charge is -2.11. The Morgan fingerprint density at radius 2 is 1.65 bits per heavy atom. The minimum Gasteiger partial charge on any atom is -0.624 e. The SMILES string of the molecule is CN(C)c1ccc(C=[N+]([O-])CCc2ccccc2)cc1. The largest absolute Gasteiger partial charge is 0.624 e. The molecule has 0 saturated heterocycles. The van der Waals surface area contributed by atoms with Gasteiger partial charge in [0.2, 0.25) is 0 Å². The summed E-state index contributed by atoms with van der Waals surface area (Å²) in [5, 5.41) is 11.9. The first kappa shape index (κ1) is 14.1. The molecule has 3 heteroatoms. The summed E-state index contributed by atoms with van der Waals surface area (Å²) in [5.41, 5.74) is 3.24. The Bertz CT molecular complexity index is 559. The molecule has 104 valence electrons. The lowest BCUT2D eigenvalue weighted by Crippen LogP contribution is -2.11. The Balaban J connectivity index is 1.96. The lowest BCUT2D eigenvalue weighted by atomic mass is 10.1. The van der Waals surface area contributed by atoms with Gasteiger partial charge in [0.25, 0.3) is 0 Å². The number of anilines is 1. The zero-order valence-corrected chi connectivity index (χ0v) is 12.0. The quantitative estimate of drug-likeness (QED) is 0.361. The maximum atomic E-state index is 11.9. The minimum atomic E-state index is 0.472. The van der Waals surface area contributed by atoms with Crippen LogP contribution in [0.1, 0.15) is 11.1 Å². The van der Waals surface area contributed by atoms with Crippen LogP contribution in [-0.2, 0) is 6.42 Å². The molecule has 0 fully saturated rings. The third-order valence-corrected chi connectivity index (χ3v) is 3.17. The van der Waals surface area contributed by atoms with Gasteiger partial charge < -0.3 is 10.1 Å². The van der Waals surface area contributed by atoms with Gasteiger partial charge in [0.1, 0.15) is 0 Å². The fourth-order valence-electron chi connectivity index (χ4n) is 1.97. The zero-order chi connectivity index (χ0) is 14.4. The van der Waals surface area contributed by atoms with Gasteiger partial charge in [-0.25, -0.2) is 4.74 Å². The summed E-state index contributed by atoms with van der Waals surface area (Å²) in [6.45, 7) is 0.472. The smallest absolute Gasteiger partial charge is 0.181 e. The van der Waals surface area contributed by atoms with Gasteiger partial charge in [-0.15, -0.1) is 0 Å². The van der Waals surface area contributed by atoms with Crippen LogP contribution >= 0.6 is 0 Å². The van der Waals surface area contributed by atoms with E-state index in [1.165, 1.54) is 5.56 Å². The van der Waals surface area contributed by atoms with Crippen LogP contribution in [0.3, 0.4) is 0 Å². The number of rotatable bonds is 5. The van der Waals surface area contributed by atoms with Gasteiger partial charge >= 0.3 is 0 Å². The predicted molar refractivity (Wildman–Crippen MR) is 84.6 cm³/mol. The van der Waals surface area contributed by atoms with Crippen LogP contribution < -0.4 is 4.90 Å². The molecule has 0 spiro atoms. The summed E-state index contributed by atoms with van der Waals surface area (Å²) in [4.78, 5) is 2.04. The number of hydrogen-bond donors (Lipinski definition) is 0. The molecular formula is C17H20N2O. The highest BCUT2D eigenvalue weighted by Gasteiger charge is 1.99. The van der Waals surface area contributed by atoms with Crippen LogP contribution in [0.25, 0.3) is 0 Å². The van der Waals surface area contributed by atoms with E-state index in [4.69, 9.17) is 0 Å². The average molecular weight is 268 g/mol. The molecule has 0 atom stereocenters. The summed E-state index contributed by atoms with van der Waals surface area (Å²) in [5.74, 6) is 0. The summed E-state index contributed by atoms with van der Waals surface area (Å²) in [6.07, 6.45) is 2.40. The normalized spacial score (nSPS) is 11.4. The molecule has 0 aromatic heterocycles. The van der Waals surface area contributed by atoms with Crippen molar-refractivity contribution >= 4 is 11.9 Å². The third kappa shape index (κ3) is 4.12. The Hall–Kier alpha value is -2.29. The highest BCUT2D eigenvalue weighted by atomic mass is 16.5. The Morgan fingerprint density at radius 3 is 2.25 bits per heavy atom. The number of hydrogen-bond acceptors (Lipinski definition) is 2. The van der Waals surface area contributed by atoms with Crippen LogP contribution in [0.5, 0.6) is 0 Å². The lowest BCUT2D eigenvalue weighted by molar-refractivity contribution is -0.451. The van der Waals surface area contributed by atoms with E-state index in [0.717, 1.165) is 22.4 Å². The zero-order valence-electron chi connectivity index (χ0n) is 12.0. The van der Waals surface area contributed by atoms with Gasteiger partial charge in [-0.1, -0.05) is 30.3 Å². The Kier molecular flexibility index (Phi) is 4.77. The molecule has 0 heterocycles. The molecule has 0 amide bonds. The van der Waals surface area contributed by atoms with Gasteiger partial charge in [-0.2, -0.15) is 0 Å². The average Bonchev–Trinajstić information content (AvgIpc) is 2.47. The van der Waals surface area contributed by atoms with Crippen molar-refractivity contribution in [2.45, 2.75) is 6.42 Å². The monoisotopic (exact) mass is 268 g/mol. The van der Waals surface area contributed by atoms with E-state index in [-0.39, 0.29) is 0 Å². The maximum Gasteiger partial charge on any atom is 0.181 e. The van der Waals surface area contributed by atoms with E-state index >= 15 is 0 Å². The summed E-state index contributed by atoms with van der Waals surface area (Å²) >= 11 is 0. The van der Waals surface area contributed by atoms with Crippen LogP contribution in [0, 0.1) is 5.21 Å². The fourth-order valence-corrected chi connectivity index (χ4v) is 1.97. The summed E-state index contributed by atoms with van der Waals surface area (Å²) in [7, 11) is 4.00. The predicted octanol–water partition coefficient (Wildman–Crippen LogP) is 2.92. The van der Waals surface area contributed by atoms with Crippen molar-refractivity contribution in [1.82, 2.24) is 0 Å². The van der Waals surface area contributed by atoms with Gasteiger partial charge in [-0.05, 0) is 29.8 Å². The molecule has 0 aliphatic heterocycles.